The van der Waals surface area contributed by atoms with Crippen molar-refractivity contribution in [3.63, 3.8) is 0 Å². The van der Waals surface area contributed by atoms with Crippen molar-refractivity contribution in [3.8, 4) is 0 Å². The highest BCUT2D eigenvalue weighted by Gasteiger charge is 2.43. The summed E-state index contributed by atoms with van der Waals surface area (Å²) in [5.41, 5.74) is 3.20. The average molecular weight is 261 g/mol. The van der Waals surface area contributed by atoms with E-state index in [2.05, 4.69) is 29.2 Å². The summed E-state index contributed by atoms with van der Waals surface area (Å²) in [6, 6.07) is 8.77. The van der Waals surface area contributed by atoms with Crippen LogP contribution in [0.4, 0.5) is 5.69 Å². The molecule has 0 unspecified atom stereocenters. The molecular formula is C16H23NO2. The number of hydrogen-bond donors (Lipinski definition) is 1. The fourth-order valence-electron chi connectivity index (χ4n) is 3.26. The zero-order chi connectivity index (χ0) is 13.1. The summed E-state index contributed by atoms with van der Waals surface area (Å²) in [6.45, 7) is 4.51. The number of aliphatic hydroxyl groups is 1. The first-order valence-electron chi connectivity index (χ1n) is 7.34. The zero-order valence-electron chi connectivity index (χ0n) is 11.5. The second-order valence-corrected chi connectivity index (χ2v) is 5.97. The molecule has 1 aromatic carbocycles. The number of hydrogen-bond acceptors (Lipinski definition) is 3. The minimum Gasteiger partial charge on any atom is -0.396 e. The van der Waals surface area contributed by atoms with Crippen LogP contribution in [0.5, 0.6) is 0 Å². The molecule has 3 heteroatoms. The van der Waals surface area contributed by atoms with Gasteiger partial charge < -0.3 is 14.7 Å². The van der Waals surface area contributed by atoms with Crippen molar-refractivity contribution >= 4 is 5.69 Å². The van der Waals surface area contributed by atoms with Gasteiger partial charge in [0.2, 0.25) is 0 Å². The van der Waals surface area contributed by atoms with E-state index in [1.165, 1.54) is 37.2 Å². The van der Waals surface area contributed by atoms with E-state index >= 15 is 0 Å². The Kier molecular flexibility index (Phi) is 3.76. The Hall–Kier alpha value is -1.06. The van der Waals surface area contributed by atoms with Crippen LogP contribution < -0.4 is 4.90 Å². The first-order valence-corrected chi connectivity index (χ1v) is 7.34. The molecule has 0 radical (unpaired) electrons. The molecular weight excluding hydrogens is 238 g/mol. The van der Waals surface area contributed by atoms with Crippen molar-refractivity contribution < 1.29 is 9.84 Å². The van der Waals surface area contributed by atoms with Crippen LogP contribution in [0.3, 0.4) is 0 Å². The topological polar surface area (TPSA) is 32.7 Å². The third kappa shape index (κ3) is 2.77. The van der Waals surface area contributed by atoms with Crippen LogP contribution in [-0.4, -0.2) is 38.0 Å². The largest absolute Gasteiger partial charge is 0.396 e. The number of benzene rings is 1. The highest BCUT2D eigenvalue weighted by Crippen LogP contribution is 2.42. The maximum Gasteiger partial charge on any atom is 0.0472 e. The molecule has 0 aromatic heterocycles. The molecule has 19 heavy (non-hydrogen) atoms. The van der Waals surface area contributed by atoms with Gasteiger partial charge in [0.1, 0.15) is 0 Å². The van der Waals surface area contributed by atoms with Gasteiger partial charge in [-0.1, -0.05) is 12.1 Å². The summed E-state index contributed by atoms with van der Waals surface area (Å²) in [7, 11) is 0. The summed E-state index contributed by atoms with van der Waals surface area (Å²) in [6.07, 6.45) is 4.25. The number of anilines is 1. The Bertz CT molecular complexity index is 419. The minimum absolute atomic E-state index is 0.275. The van der Waals surface area contributed by atoms with Gasteiger partial charge in [-0.15, -0.1) is 0 Å². The van der Waals surface area contributed by atoms with E-state index in [-0.39, 0.29) is 6.61 Å². The summed E-state index contributed by atoms with van der Waals surface area (Å²) in [5.74, 6) is 0. The first kappa shape index (κ1) is 12.9. The van der Waals surface area contributed by atoms with Crippen molar-refractivity contribution in [2.75, 3.05) is 37.8 Å². The van der Waals surface area contributed by atoms with E-state index in [0.29, 0.717) is 5.41 Å². The van der Waals surface area contributed by atoms with E-state index in [0.717, 1.165) is 26.1 Å². The fraction of sp³-hybridized carbons (Fsp3) is 0.625. The minimum atomic E-state index is 0.275. The molecule has 2 aliphatic rings. The van der Waals surface area contributed by atoms with Gasteiger partial charge in [-0.05, 0) is 43.4 Å². The monoisotopic (exact) mass is 261 g/mol. The van der Waals surface area contributed by atoms with Gasteiger partial charge in [-0.3, -0.25) is 0 Å². The maximum absolute atomic E-state index is 8.91. The molecule has 3 rings (SSSR count). The molecule has 1 aromatic rings. The highest BCUT2D eigenvalue weighted by atomic mass is 16.5. The third-order valence-corrected chi connectivity index (χ3v) is 4.51. The standard InChI is InChI=1S/C16H23NO2/c18-8-2-4-14-3-1-5-15(11-14)17-12-16(13-17)6-9-19-10-7-16/h1,3,5,11,18H,2,4,6-10,12-13H2. The molecule has 1 N–H and O–H groups in total. The molecule has 104 valence electrons. The lowest BCUT2D eigenvalue weighted by Gasteiger charge is -2.53. The third-order valence-electron chi connectivity index (χ3n) is 4.51. The van der Waals surface area contributed by atoms with Crippen LogP contribution in [0.2, 0.25) is 0 Å². The Labute approximate surface area is 115 Å². The molecule has 2 saturated heterocycles. The summed E-state index contributed by atoms with van der Waals surface area (Å²) in [4.78, 5) is 2.48. The fourth-order valence-corrected chi connectivity index (χ4v) is 3.26. The van der Waals surface area contributed by atoms with Crippen molar-refractivity contribution in [2.45, 2.75) is 25.7 Å². The Morgan fingerprint density at radius 2 is 2.00 bits per heavy atom. The second-order valence-electron chi connectivity index (χ2n) is 5.97. The Morgan fingerprint density at radius 3 is 2.74 bits per heavy atom. The number of ether oxygens (including phenoxy) is 1. The van der Waals surface area contributed by atoms with Crippen LogP contribution in [-0.2, 0) is 11.2 Å². The van der Waals surface area contributed by atoms with Gasteiger partial charge in [-0.25, -0.2) is 0 Å². The predicted molar refractivity (Wildman–Crippen MR) is 76.5 cm³/mol. The maximum atomic E-state index is 8.91. The second kappa shape index (κ2) is 5.51. The average Bonchev–Trinajstić information content (AvgIpc) is 2.43. The molecule has 0 saturated carbocycles. The normalized spacial score (nSPS) is 21.4. The SMILES string of the molecule is OCCCc1cccc(N2CC3(CCOCC3)C2)c1. The number of rotatable bonds is 4. The van der Waals surface area contributed by atoms with E-state index in [1.807, 2.05) is 0 Å². The van der Waals surface area contributed by atoms with Gasteiger partial charge in [0.05, 0.1) is 0 Å². The smallest absolute Gasteiger partial charge is 0.0472 e. The Balaban J connectivity index is 1.61. The van der Waals surface area contributed by atoms with E-state index in [1.54, 1.807) is 0 Å². The van der Waals surface area contributed by atoms with Gasteiger partial charge >= 0.3 is 0 Å². The van der Waals surface area contributed by atoms with E-state index < -0.39 is 0 Å². The summed E-state index contributed by atoms with van der Waals surface area (Å²) in [5, 5.41) is 8.91. The highest BCUT2D eigenvalue weighted by molar-refractivity contribution is 5.51. The van der Waals surface area contributed by atoms with Crippen molar-refractivity contribution in [2.24, 2.45) is 5.41 Å². The van der Waals surface area contributed by atoms with E-state index in [4.69, 9.17) is 9.84 Å². The van der Waals surface area contributed by atoms with Gasteiger partial charge in [0, 0.05) is 44.0 Å². The van der Waals surface area contributed by atoms with E-state index in [9.17, 15) is 0 Å². The lowest BCUT2D eigenvalue weighted by molar-refractivity contribution is -0.000195. The number of aliphatic hydroxyl groups excluding tert-OH is 1. The van der Waals surface area contributed by atoms with Crippen LogP contribution in [0.25, 0.3) is 0 Å². The Morgan fingerprint density at radius 1 is 1.21 bits per heavy atom. The molecule has 2 fully saturated rings. The van der Waals surface area contributed by atoms with Gasteiger partial charge in [0.15, 0.2) is 0 Å². The van der Waals surface area contributed by atoms with Crippen molar-refractivity contribution in [1.29, 1.82) is 0 Å². The van der Waals surface area contributed by atoms with Gasteiger partial charge in [-0.2, -0.15) is 0 Å². The summed E-state index contributed by atoms with van der Waals surface area (Å²) >= 11 is 0. The predicted octanol–water partition coefficient (Wildman–Crippen LogP) is 2.23. The van der Waals surface area contributed by atoms with Crippen molar-refractivity contribution in [1.82, 2.24) is 0 Å². The van der Waals surface area contributed by atoms with Crippen LogP contribution >= 0.6 is 0 Å². The number of aryl methyl sites for hydroxylation is 1. The van der Waals surface area contributed by atoms with Crippen molar-refractivity contribution in [3.05, 3.63) is 29.8 Å². The lowest BCUT2D eigenvalue weighted by Crippen LogP contribution is -2.58. The molecule has 1 spiro atoms. The molecule has 0 bridgehead atoms. The molecule has 0 atom stereocenters. The zero-order valence-corrected chi connectivity index (χ0v) is 11.5. The lowest BCUT2D eigenvalue weighted by atomic mass is 9.73. The number of nitrogens with zero attached hydrogens (tertiary/aromatic N) is 1. The molecule has 2 heterocycles. The molecule has 0 amide bonds. The molecule has 2 aliphatic heterocycles. The van der Waals surface area contributed by atoms with Gasteiger partial charge in [0.25, 0.3) is 0 Å². The molecule has 3 nitrogen and oxygen atoms in total. The quantitative estimate of drug-likeness (QED) is 0.902. The van der Waals surface area contributed by atoms with Crippen LogP contribution in [0.1, 0.15) is 24.8 Å². The summed E-state index contributed by atoms with van der Waals surface area (Å²) < 4.78 is 5.46. The first-order chi connectivity index (χ1) is 9.31. The van der Waals surface area contributed by atoms with Crippen LogP contribution in [0.15, 0.2) is 24.3 Å². The van der Waals surface area contributed by atoms with Crippen LogP contribution in [0, 0.1) is 5.41 Å². The molecule has 0 aliphatic carbocycles.